The molecule has 0 spiro atoms. The Morgan fingerprint density at radius 2 is 1.83 bits per heavy atom. The van der Waals surface area contributed by atoms with Crippen molar-refractivity contribution in [2.75, 3.05) is 0 Å². The third kappa shape index (κ3) is 4.49. The van der Waals surface area contributed by atoms with E-state index in [2.05, 4.69) is 20.2 Å². The first-order chi connectivity index (χ1) is 13.8. The van der Waals surface area contributed by atoms with E-state index in [0.29, 0.717) is 17.2 Å². The summed E-state index contributed by atoms with van der Waals surface area (Å²) in [5.41, 5.74) is 3.11. The van der Waals surface area contributed by atoms with Gasteiger partial charge in [-0.1, -0.05) is 12.1 Å². The molecular weight excluding hydrogens is 407 g/mol. The first-order valence-electron chi connectivity index (χ1n) is 8.38. The van der Waals surface area contributed by atoms with E-state index in [1.165, 1.54) is 35.6 Å². The molecule has 0 saturated carbocycles. The Kier molecular flexibility index (Phi) is 4.89. The molecule has 1 unspecified atom stereocenters. The number of thiazole rings is 1. The van der Waals surface area contributed by atoms with Gasteiger partial charge >= 0.3 is 6.36 Å². The van der Waals surface area contributed by atoms with Gasteiger partial charge in [-0.2, -0.15) is 0 Å². The SMILES string of the molecule is CC1(c2ccc(OC(F)(F)F)cc2)C=C(Oc2ccc(-c3nccs3)nc2)NO1. The molecule has 1 aliphatic rings. The molecule has 4 rings (SSSR count). The van der Waals surface area contributed by atoms with Crippen LogP contribution < -0.4 is 15.0 Å². The van der Waals surface area contributed by atoms with Crippen molar-refractivity contribution in [3.8, 4) is 22.2 Å². The lowest BCUT2D eigenvalue weighted by Gasteiger charge is -2.20. The van der Waals surface area contributed by atoms with E-state index >= 15 is 0 Å². The molecular formula is C19H14F3N3O3S. The molecule has 1 N–H and O–H groups in total. The highest BCUT2D eigenvalue weighted by atomic mass is 32.1. The van der Waals surface area contributed by atoms with Crippen molar-refractivity contribution in [3.63, 3.8) is 0 Å². The van der Waals surface area contributed by atoms with Crippen molar-refractivity contribution in [3.05, 3.63) is 71.7 Å². The number of pyridine rings is 1. The Labute approximate surface area is 167 Å². The minimum Gasteiger partial charge on any atom is -0.438 e. The number of hydrogen-bond acceptors (Lipinski definition) is 7. The molecule has 2 aromatic heterocycles. The summed E-state index contributed by atoms with van der Waals surface area (Å²) in [7, 11) is 0. The van der Waals surface area contributed by atoms with Gasteiger partial charge in [0, 0.05) is 17.7 Å². The topological polar surface area (TPSA) is 65.5 Å². The first-order valence-corrected chi connectivity index (χ1v) is 9.26. The standard InChI is InChI=1S/C19H14F3N3O3S/c1-18(12-2-4-13(5-3-12)27-19(20,21)22)10-16(25-28-18)26-14-6-7-15(24-11-14)17-23-8-9-29-17/h2-11,25H,1H3. The van der Waals surface area contributed by atoms with Crippen molar-refractivity contribution in [2.45, 2.75) is 18.9 Å². The lowest BCUT2D eigenvalue weighted by molar-refractivity contribution is -0.274. The van der Waals surface area contributed by atoms with Crippen LogP contribution in [0.1, 0.15) is 12.5 Å². The van der Waals surface area contributed by atoms with E-state index in [4.69, 9.17) is 9.57 Å². The van der Waals surface area contributed by atoms with Gasteiger partial charge in [-0.25, -0.2) is 15.4 Å². The van der Waals surface area contributed by atoms with Crippen LogP contribution in [0.5, 0.6) is 11.5 Å². The molecule has 0 bridgehead atoms. The minimum absolute atomic E-state index is 0.303. The van der Waals surface area contributed by atoms with Crippen molar-refractivity contribution in [1.82, 2.24) is 15.4 Å². The van der Waals surface area contributed by atoms with Gasteiger partial charge in [-0.3, -0.25) is 4.84 Å². The highest BCUT2D eigenvalue weighted by Gasteiger charge is 2.34. The molecule has 0 aliphatic carbocycles. The molecule has 6 nitrogen and oxygen atoms in total. The molecule has 0 fully saturated rings. The molecule has 3 heterocycles. The van der Waals surface area contributed by atoms with Crippen LogP contribution in [0, 0.1) is 0 Å². The molecule has 3 aromatic rings. The number of benzene rings is 1. The predicted molar refractivity (Wildman–Crippen MR) is 98.8 cm³/mol. The van der Waals surface area contributed by atoms with E-state index < -0.39 is 12.0 Å². The Morgan fingerprint density at radius 3 is 2.45 bits per heavy atom. The van der Waals surface area contributed by atoms with Crippen molar-refractivity contribution >= 4 is 11.3 Å². The molecule has 0 saturated heterocycles. The van der Waals surface area contributed by atoms with Crippen LogP contribution in [0.2, 0.25) is 0 Å². The van der Waals surface area contributed by atoms with Gasteiger partial charge in [0.25, 0.3) is 0 Å². The van der Waals surface area contributed by atoms with E-state index in [-0.39, 0.29) is 5.75 Å². The molecule has 29 heavy (non-hydrogen) atoms. The third-order valence-electron chi connectivity index (χ3n) is 4.05. The normalized spacial score (nSPS) is 18.8. The largest absolute Gasteiger partial charge is 0.573 e. The Bertz CT molecular complexity index is 1010. The van der Waals surface area contributed by atoms with Crippen molar-refractivity contribution in [1.29, 1.82) is 0 Å². The van der Waals surface area contributed by atoms with E-state index in [9.17, 15) is 13.2 Å². The molecule has 1 aliphatic heterocycles. The van der Waals surface area contributed by atoms with Gasteiger partial charge in [0.15, 0.2) is 0 Å². The lowest BCUT2D eigenvalue weighted by atomic mass is 9.96. The van der Waals surface area contributed by atoms with Crippen LogP contribution in [0.15, 0.2) is 66.1 Å². The quantitative estimate of drug-likeness (QED) is 0.640. The molecule has 150 valence electrons. The van der Waals surface area contributed by atoms with Gasteiger partial charge in [0.05, 0.1) is 11.9 Å². The van der Waals surface area contributed by atoms with Crippen LogP contribution >= 0.6 is 11.3 Å². The predicted octanol–water partition coefficient (Wildman–Crippen LogP) is 4.77. The second-order valence-corrected chi connectivity index (χ2v) is 7.10. The van der Waals surface area contributed by atoms with Gasteiger partial charge in [-0.15, -0.1) is 24.5 Å². The maximum atomic E-state index is 12.3. The maximum Gasteiger partial charge on any atom is 0.573 e. The highest BCUT2D eigenvalue weighted by molar-refractivity contribution is 7.13. The number of hydrogen-bond donors (Lipinski definition) is 1. The number of nitrogens with zero attached hydrogens (tertiary/aromatic N) is 2. The molecule has 0 amide bonds. The van der Waals surface area contributed by atoms with Crippen LogP contribution in [-0.2, 0) is 10.4 Å². The van der Waals surface area contributed by atoms with E-state index in [1.807, 2.05) is 5.38 Å². The van der Waals surface area contributed by atoms with Crippen molar-refractivity contribution in [2.24, 2.45) is 0 Å². The lowest BCUT2D eigenvalue weighted by Crippen LogP contribution is -2.23. The Morgan fingerprint density at radius 1 is 1.07 bits per heavy atom. The summed E-state index contributed by atoms with van der Waals surface area (Å²) >= 11 is 1.49. The van der Waals surface area contributed by atoms with E-state index in [1.54, 1.807) is 37.5 Å². The number of ether oxygens (including phenoxy) is 2. The van der Waals surface area contributed by atoms with Crippen molar-refractivity contribution < 1.29 is 27.5 Å². The average Bonchev–Trinajstić information content (AvgIpc) is 3.33. The Balaban J connectivity index is 1.45. The van der Waals surface area contributed by atoms with Gasteiger partial charge in [0.1, 0.15) is 22.1 Å². The van der Waals surface area contributed by atoms with Crippen LogP contribution in [0.4, 0.5) is 13.2 Å². The fourth-order valence-corrected chi connectivity index (χ4v) is 3.30. The monoisotopic (exact) mass is 421 g/mol. The summed E-state index contributed by atoms with van der Waals surface area (Å²) in [6.45, 7) is 1.75. The summed E-state index contributed by atoms with van der Waals surface area (Å²) in [4.78, 5) is 14.1. The zero-order valence-electron chi connectivity index (χ0n) is 14.9. The molecule has 1 aromatic carbocycles. The fourth-order valence-electron chi connectivity index (χ4n) is 2.69. The fraction of sp³-hybridized carbons (Fsp3) is 0.158. The summed E-state index contributed by atoms with van der Waals surface area (Å²) in [6.07, 6.45) is 0.222. The number of alkyl halides is 3. The summed E-state index contributed by atoms with van der Waals surface area (Å²) in [5.74, 6) is 0.528. The van der Waals surface area contributed by atoms with Gasteiger partial charge < -0.3 is 9.47 Å². The van der Waals surface area contributed by atoms with Crippen LogP contribution in [-0.4, -0.2) is 16.3 Å². The smallest absolute Gasteiger partial charge is 0.438 e. The zero-order valence-corrected chi connectivity index (χ0v) is 15.8. The second-order valence-electron chi connectivity index (χ2n) is 6.21. The molecule has 0 radical (unpaired) electrons. The number of rotatable bonds is 5. The molecule has 1 atom stereocenters. The maximum absolute atomic E-state index is 12.3. The van der Waals surface area contributed by atoms with E-state index in [0.717, 1.165) is 10.7 Å². The number of hydroxylamine groups is 1. The number of aromatic nitrogens is 2. The summed E-state index contributed by atoms with van der Waals surface area (Å²) in [6, 6.07) is 8.99. The highest BCUT2D eigenvalue weighted by Crippen LogP contribution is 2.34. The summed E-state index contributed by atoms with van der Waals surface area (Å²) < 4.78 is 46.5. The number of nitrogens with one attached hydrogen (secondary N) is 1. The Hall–Kier alpha value is -3.11. The second kappa shape index (κ2) is 7.37. The summed E-state index contributed by atoms with van der Waals surface area (Å²) in [5, 5.41) is 2.68. The zero-order chi connectivity index (χ0) is 20.5. The molecule has 10 heteroatoms. The van der Waals surface area contributed by atoms with Crippen LogP contribution in [0.3, 0.4) is 0 Å². The van der Waals surface area contributed by atoms with Crippen LogP contribution in [0.25, 0.3) is 10.7 Å². The minimum atomic E-state index is -4.74. The van der Waals surface area contributed by atoms with Gasteiger partial charge in [0.2, 0.25) is 5.88 Å². The average molecular weight is 421 g/mol. The number of halogens is 3. The third-order valence-corrected chi connectivity index (χ3v) is 4.84. The first kappa shape index (κ1) is 19.2. The van der Waals surface area contributed by atoms with Gasteiger partial charge in [-0.05, 0) is 36.8 Å².